The molecule has 0 radical (unpaired) electrons. The maximum Gasteiger partial charge on any atom is 0.262 e. The summed E-state index contributed by atoms with van der Waals surface area (Å²) in [7, 11) is 1.47. The van der Waals surface area contributed by atoms with Gasteiger partial charge in [-0.05, 0) is 49.7 Å². The van der Waals surface area contributed by atoms with Crippen molar-refractivity contribution < 1.29 is 14.6 Å². The monoisotopic (exact) mass is 327 g/mol. The van der Waals surface area contributed by atoms with E-state index in [2.05, 4.69) is 15.8 Å². The first-order valence-electron chi connectivity index (χ1n) is 7.52. The van der Waals surface area contributed by atoms with Gasteiger partial charge in [-0.1, -0.05) is 17.7 Å². The van der Waals surface area contributed by atoms with E-state index in [1.807, 2.05) is 31.2 Å². The van der Waals surface area contributed by atoms with Crippen LogP contribution in [0.5, 0.6) is 11.5 Å². The fourth-order valence-electron chi connectivity index (χ4n) is 2.01. The zero-order chi connectivity index (χ0) is 17.5. The molecule has 2 aromatic carbocycles. The first kappa shape index (κ1) is 17.3. The van der Waals surface area contributed by atoms with Gasteiger partial charge in [0.1, 0.15) is 6.04 Å². The highest BCUT2D eigenvalue weighted by Crippen LogP contribution is 2.25. The third kappa shape index (κ3) is 4.74. The number of amides is 1. The Morgan fingerprint density at radius 2 is 1.96 bits per heavy atom. The van der Waals surface area contributed by atoms with Crippen molar-refractivity contribution in [2.24, 2.45) is 5.10 Å². The van der Waals surface area contributed by atoms with E-state index < -0.39 is 6.04 Å². The zero-order valence-electron chi connectivity index (χ0n) is 13.9. The molecule has 0 aliphatic rings. The number of hydrogen-bond acceptors (Lipinski definition) is 5. The number of benzene rings is 2. The second kappa shape index (κ2) is 8.01. The van der Waals surface area contributed by atoms with Crippen molar-refractivity contribution in [2.75, 3.05) is 12.4 Å². The highest BCUT2D eigenvalue weighted by Gasteiger charge is 2.11. The number of ether oxygens (including phenoxy) is 1. The smallest absolute Gasteiger partial charge is 0.262 e. The van der Waals surface area contributed by atoms with Crippen LogP contribution in [0.4, 0.5) is 5.69 Å². The summed E-state index contributed by atoms with van der Waals surface area (Å²) in [6.45, 7) is 3.77. The average molecular weight is 327 g/mol. The van der Waals surface area contributed by atoms with Gasteiger partial charge in [-0.15, -0.1) is 0 Å². The normalized spacial score (nSPS) is 12.0. The third-order valence-electron chi connectivity index (χ3n) is 3.42. The molecule has 3 N–H and O–H groups in total. The summed E-state index contributed by atoms with van der Waals surface area (Å²) in [4.78, 5) is 12.0. The molecule has 0 heterocycles. The highest BCUT2D eigenvalue weighted by molar-refractivity contribution is 5.86. The number of carbonyl (C=O) groups is 1. The molecule has 24 heavy (non-hydrogen) atoms. The summed E-state index contributed by atoms with van der Waals surface area (Å²) in [6.07, 6.45) is 1.48. The molecule has 6 heteroatoms. The Hall–Kier alpha value is -3.02. The van der Waals surface area contributed by atoms with Gasteiger partial charge in [0.15, 0.2) is 11.5 Å². The van der Waals surface area contributed by atoms with E-state index in [-0.39, 0.29) is 11.7 Å². The first-order chi connectivity index (χ1) is 11.5. The Kier molecular flexibility index (Phi) is 5.78. The van der Waals surface area contributed by atoms with Crippen LogP contribution in [0.1, 0.15) is 18.1 Å². The lowest BCUT2D eigenvalue weighted by Crippen LogP contribution is -2.34. The molecular weight excluding hydrogens is 306 g/mol. The first-order valence-corrected chi connectivity index (χ1v) is 7.52. The average Bonchev–Trinajstić information content (AvgIpc) is 2.58. The molecule has 0 aromatic heterocycles. The topological polar surface area (TPSA) is 83.0 Å². The van der Waals surface area contributed by atoms with Gasteiger partial charge < -0.3 is 15.2 Å². The Morgan fingerprint density at radius 1 is 1.25 bits per heavy atom. The van der Waals surface area contributed by atoms with Crippen LogP contribution in [-0.4, -0.2) is 30.4 Å². The molecule has 1 amide bonds. The van der Waals surface area contributed by atoms with Crippen molar-refractivity contribution in [1.29, 1.82) is 0 Å². The molecule has 0 saturated heterocycles. The SMILES string of the molecule is COc1cc(/C=N\NC(=O)[C@@H](C)Nc2ccc(C)cc2)ccc1O. The summed E-state index contributed by atoms with van der Waals surface area (Å²) in [6, 6.07) is 12.2. The van der Waals surface area contributed by atoms with Crippen molar-refractivity contribution in [3.63, 3.8) is 0 Å². The predicted octanol–water partition coefficient (Wildman–Crippen LogP) is 2.66. The number of carbonyl (C=O) groups excluding carboxylic acids is 1. The number of rotatable bonds is 6. The van der Waals surface area contributed by atoms with E-state index in [0.29, 0.717) is 11.3 Å². The van der Waals surface area contributed by atoms with Crippen molar-refractivity contribution in [3.8, 4) is 11.5 Å². The summed E-state index contributed by atoms with van der Waals surface area (Å²) >= 11 is 0. The molecule has 2 rings (SSSR count). The lowest BCUT2D eigenvalue weighted by Gasteiger charge is -2.13. The minimum absolute atomic E-state index is 0.0506. The maximum atomic E-state index is 12.0. The quantitative estimate of drug-likeness (QED) is 0.563. The number of nitrogens with one attached hydrogen (secondary N) is 2. The van der Waals surface area contributed by atoms with Crippen LogP contribution in [0.2, 0.25) is 0 Å². The van der Waals surface area contributed by atoms with Crippen LogP contribution < -0.4 is 15.5 Å². The number of hydrogen-bond donors (Lipinski definition) is 3. The van der Waals surface area contributed by atoms with E-state index >= 15 is 0 Å². The Labute approximate surface area is 141 Å². The van der Waals surface area contributed by atoms with Crippen LogP contribution in [0.15, 0.2) is 47.6 Å². The van der Waals surface area contributed by atoms with Crippen LogP contribution in [-0.2, 0) is 4.79 Å². The maximum absolute atomic E-state index is 12.0. The number of anilines is 1. The van der Waals surface area contributed by atoms with Gasteiger partial charge in [0.2, 0.25) is 0 Å². The standard InChI is InChI=1S/C18H21N3O3/c1-12-4-7-15(8-5-12)20-13(2)18(23)21-19-11-14-6-9-16(22)17(10-14)24-3/h4-11,13,20,22H,1-3H3,(H,21,23)/b19-11-/t13-/m1/s1. The zero-order valence-corrected chi connectivity index (χ0v) is 13.9. The van der Waals surface area contributed by atoms with E-state index in [1.54, 1.807) is 19.1 Å². The third-order valence-corrected chi connectivity index (χ3v) is 3.42. The van der Waals surface area contributed by atoms with Crippen LogP contribution >= 0.6 is 0 Å². The molecule has 0 saturated carbocycles. The van der Waals surface area contributed by atoms with Gasteiger partial charge in [-0.25, -0.2) is 5.43 Å². The molecule has 0 unspecified atom stereocenters. The molecule has 0 aliphatic carbocycles. The molecule has 0 spiro atoms. The number of methoxy groups -OCH3 is 1. The molecule has 0 fully saturated rings. The van der Waals surface area contributed by atoms with Crippen molar-refractivity contribution in [1.82, 2.24) is 5.43 Å². The van der Waals surface area contributed by atoms with E-state index in [0.717, 1.165) is 11.3 Å². The molecule has 126 valence electrons. The second-order valence-corrected chi connectivity index (χ2v) is 5.40. The van der Waals surface area contributed by atoms with Gasteiger partial charge in [-0.3, -0.25) is 4.79 Å². The number of aryl methyl sites for hydroxylation is 1. The summed E-state index contributed by atoms with van der Waals surface area (Å²) in [5.74, 6) is 0.145. The number of hydrazone groups is 1. The number of phenols is 1. The minimum Gasteiger partial charge on any atom is -0.504 e. The van der Waals surface area contributed by atoms with E-state index in [1.165, 1.54) is 19.4 Å². The van der Waals surface area contributed by atoms with Crippen molar-refractivity contribution >= 4 is 17.8 Å². The van der Waals surface area contributed by atoms with E-state index in [9.17, 15) is 9.90 Å². The van der Waals surface area contributed by atoms with Crippen molar-refractivity contribution in [3.05, 3.63) is 53.6 Å². The van der Waals surface area contributed by atoms with Gasteiger partial charge in [0.05, 0.1) is 13.3 Å². The Bertz CT molecular complexity index is 727. The molecule has 0 bridgehead atoms. The Morgan fingerprint density at radius 3 is 2.62 bits per heavy atom. The second-order valence-electron chi connectivity index (χ2n) is 5.40. The van der Waals surface area contributed by atoms with Gasteiger partial charge in [-0.2, -0.15) is 5.10 Å². The van der Waals surface area contributed by atoms with Crippen LogP contribution in [0, 0.1) is 6.92 Å². The molecule has 0 aliphatic heterocycles. The minimum atomic E-state index is -0.431. The molecule has 2 aromatic rings. The fraction of sp³-hybridized carbons (Fsp3) is 0.222. The fourth-order valence-corrected chi connectivity index (χ4v) is 2.01. The van der Waals surface area contributed by atoms with Gasteiger partial charge >= 0.3 is 0 Å². The van der Waals surface area contributed by atoms with Gasteiger partial charge in [0, 0.05) is 5.69 Å². The summed E-state index contributed by atoms with van der Waals surface area (Å²) in [5, 5.41) is 16.6. The summed E-state index contributed by atoms with van der Waals surface area (Å²) < 4.78 is 5.02. The van der Waals surface area contributed by atoms with Crippen molar-refractivity contribution in [2.45, 2.75) is 19.9 Å². The molecule has 6 nitrogen and oxygen atoms in total. The van der Waals surface area contributed by atoms with Gasteiger partial charge in [0.25, 0.3) is 5.91 Å². The highest BCUT2D eigenvalue weighted by atomic mass is 16.5. The largest absolute Gasteiger partial charge is 0.504 e. The molecular formula is C18H21N3O3. The predicted molar refractivity (Wildman–Crippen MR) is 94.7 cm³/mol. The summed E-state index contributed by atoms with van der Waals surface area (Å²) in [5.41, 5.74) is 5.21. The lowest BCUT2D eigenvalue weighted by atomic mass is 10.2. The van der Waals surface area contributed by atoms with Crippen LogP contribution in [0.3, 0.4) is 0 Å². The van der Waals surface area contributed by atoms with E-state index in [4.69, 9.17) is 4.74 Å². The number of phenolic OH excluding ortho intramolecular Hbond substituents is 1. The Balaban J connectivity index is 1.90. The lowest BCUT2D eigenvalue weighted by molar-refractivity contribution is -0.121. The van der Waals surface area contributed by atoms with Crippen LogP contribution in [0.25, 0.3) is 0 Å². The number of nitrogens with zero attached hydrogens (tertiary/aromatic N) is 1. The number of aromatic hydroxyl groups is 1. The molecule has 1 atom stereocenters.